The second-order valence-corrected chi connectivity index (χ2v) is 4.07. The molecular formula is C11H12F2N2O2. The highest BCUT2D eigenvalue weighted by Gasteiger charge is 2.31. The molecule has 1 unspecified atom stereocenters. The summed E-state index contributed by atoms with van der Waals surface area (Å²) in [6.07, 6.45) is 0.259. The van der Waals surface area contributed by atoms with Crippen LogP contribution in [-0.4, -0.2) is 24.1 Å². The van der Waals surface area contributed by atoms with Crippen LogP contribution in [0.4, 0.5) is 14.5 Å². The van der Waals surface area contributed by atoms with Gasteiger partial charge in [0.25, 0.3) is 0 Å². The summed E-state index contributed by atoms with van der Waals surface area (Å²) in [5.41, 5.74) is 5.44. The number of nitrogens with zero attached hydrogens (tertiary/aromatic N) is 1. The van der Waals surface area contributed by atoms with Gasteiger partial charge in [-0.1, -0.05) is 0 Å². The molecule has 3 N–H and O–H groups in total. The molecule has 0 bridgehead atoms. The average Bonchev–Trinajstić information content (AvgIpc) is 2.65. The van der Waals surface area contributed by atoms with Crippen molar-refractivity contribution in [2.45, 2.75) is 6.42 Å². The Hall–Kier alpha value is -1.69. The number of halogens is 2. The van der Waals surface area contributed by atoms with E-state index in [4.69, 9.17) is 5.73 Å². The number of anilines is 1. The van der Waals surface area contributed by atoms with Crippen molar-refractivity contribution >= 4 is 11.6 Å². The van der Waals surface area contributed by atoms with E-state index in [1.165, 1.54) is 4.90 Å². The molecule has 92 valence electrons. The number of phenols is 1. The maximum absolute atomic E-state index is 13.1. The Balaban J connectivity index is 2.35. The molecule has 0 aromatic heterocycles. The van der Waals surface area contributed by atoms with Gasteiger partial charge in [-0.25, -0.2) is 8.78 Å². The Labute approximate surface area is 96.6 Å². The summed E-state index contributed by atoms with van der Waals surface area (Å²) in [5, 5.41) is 9.52. The van der Waals surface area contributed by atoms with E-state index in [0.29, 0.717) is 19.2 Å². The van der Waals surface area contributed by atoms with Crippen LogP contribution in [0.1, 0.15) is 6.42 Å². The zero-order valence-electron chi connectivity index (χ0n) is 8.99. The van der Waals surface area contributed by atoms with Crippen LogP contribution in [-0.2, 0) is 4.79 Å². The summed E-state index contributed by atoms with van der Waals surface area (Å²) in [6, 6.07) is 1.48. The highest BCUT2D eigenvalue weighted by atomic mass is 19.2. The number of rotatable bonds is 2. The highest BCUT2D eigenvalue weighted by Crippen LogP contribution is 2.33. The average molecular weight is 242 g/mol. The summed E-state index contributed by atoms with van der Waals surface area (Å²) >= 11 is 0. The third kappa shape index (κ3) is 2.08. The van der Waals surface area contributed by atoms with Crippen LogP contribution in [0.25, 0.3) is 0 Å². The number of hydrogen-bond acceptors (Lipinski definition) is 3. The van der Waals surface area contributed by atoms with E-state index in [-0.39, 0.29) is 23.9 Å². The number of amides is 1. The van der Waals surface area contributed by atoms with Gasteiger partial charge in [-0.3, -0.25) is 4.79 Å². The Kier molecular flexibility index (Phi) is 2.97. The largest absolute Gasteiger partial charge is 0.506 e. The molecule has 1 atom stereocenters. The zero-order valence-corrected chi connectivity index (χ0v) is 8.99. The molecule has 1 aliphatic heterocycles. The van der Waals surface area contributed by atoms with Gasteiger partial charge < -0.3 is 15.7 Å². The first-order valence-electron chi connectivity index (χ1n) is 5.21. The van der Waals surface area contributed by atoms with E-state index in [0.717, 1.165) is 6.07 Å². The summed E-state index contributed by atoms with van der Waals surface area (Å²) < 4.78 is 25.9. The van der Waals surface area contributed by atoms with Gasteiger partial charge in [0.15, 0.2) is 11.6 Å². The molecule has 1 heterocycles. The van der Waals surface area contributed by atoms with E-state index in [2.05, 4.69) is 0 Å². The fourth-order valence-electron chi connectivity index (χ4n) is 1.91. The molecule has 1 fully saturated rings. The fraction of sp³-hybridized carbons (Fsp3) is 0.364. The van der Waals surface area contributed by atoms with Gasteiger partial charge in [0, 0.05) is 25.1 Å². The number of benzene rings is 1. The van der Waals surface area contributed by atoms with Crippen LogP contribution < -0.4 is 10.6 Å². The summed E-state index contributed by atoms with van der Waals surface area (Å²) in [4.78, 5) is 12.9. The molecule has 2 rings (SSSR count). The van der Waals surface area contributed by atoms with Crippen LogP contribution in [0.2, 0.25) is 0 Å². The minimum Gasteiger partial charge on any atom is -0.506 e. The molecule has 17 heavy (non-hydrogen) atoms. The van der Waals surface area contributed by atoms with Crippen LogP contribution >= 0.6 is 0 Å². The molecule has 0 spiro atoms. The number of nitrogens with two attached hydrogens (primary N) is 1. The molecule has 0 aliphatic carbocycles. The Morgan fingerprint density at radius 1 is 1.41 bits per heavy atom. The van der Waals surface area contributed by atoms with Crippen LogP contribution in [0.5, 0.6) is 5.75 Å². The lowest BCUT2D eigenvalue weighted by molar-refractivity contribution is -0.117. The molecule has 1 aliphatic rings. The van der Waals surface area contributed by atoms with Gasteiger partial charge in [-0.15, -0.1) is 0 Å². The van der Waals surface area contributed by atoms with Crippen LogP contribution in [0.15, 0.2) is 12.1 Å². The molecule has 0 radical (unpaired) electrons. The molecule has 1 amide bonds. The summed E-state index contributed by atoms with van der Waals surface area (Å²) in [5.74, 6) is -2.96. The summed E-state index contributed by atoms with van der Waals surface area (Å²) in [7, 11) is 0. The Bertz CT molecular complexity index is 465. The molecule has 0 saturated carbocycles. The molecule has 1 aromatic carbocycles. The smallest absolute Gasteiger partial charge is 0.227 e. The van der Waals surface area contributed by atoms with E-state index in [9.17, 15) is 18.7 Å². The molecule has 1 aromatic rings. The van der Waals surface area contributed by atoms with Gasteiger partial charge in [-0.2, -0.15) is 0 Å². The highest BCUT2D eigenvalue weighted by molar-refractivity contribution is 5.97. The maximum Gasteiger partial charge on any atom is 0.227 e. The second-order valence-electron chi connectivity index (χ2n) is 4.07. The van der Waals surface area contributed by atoms with Crippen molar-refractivity contribution in [2.75, 3.05) is 18.0 Å². The van der Waals surface area contributed by atoms with Gasteiger partial charge in [0.1, 0.15) is 5.75 Å². The van der Waals surface area contributed by atoms with E-state index in [1.807, 2.05) is 0 Å². The lowest BCUT2D eigenvalue weighted by Crippen LogP contribution is -2.26. The van der Waals surface area contributed by atoms with Crippen molar-refractivity contribution in [1.82, 2.24) is 0 Å². The second kappa shape index (κ2) is 4.29. The van der Waals surface area contributed by atoms with E-state index < -0.39 is 17.4 Å². The number of phenolic OH excluding ortho intramolecular Hbond substituents is 1. The molecule has 1 saturated heterocycles. The fourth-order valence-corrected chi connectivity index (χ4v) is 1.91. The third-order valence-electron chi connectivity index (χ3n) is 2.85. The Morgan fingerprint density at radius 3 is 2.65 bits per heavy atom. The van der Waals surface area contributed by atoms with Gasteiger partial charge in [-0.05, 0) is 12.5 Å². The maximum atomic E-state index is 13.1. The lowest BCUT2D eigenvalue weighted by Gasteiger charge is -2.18. The monoisotopic (exact) mass is 242 g/mol. The number of carbonyl (C=O) groups is 1. The lowest BCUT2D eigenvalue weighted by atomic mass is 10.1. The van der Waals surface area contributed by atoms with Crippen molar-refractivity contribution in [3.8, 4) is 5.75 Å². The number of hydrogen-bond donors (Lipinski definition) is 2. The van der Waals surface area contributed by atoms with E-state index >= 15 is 0 Å². The SMILES string of the molecule is NCC1CC(=O)N(c2cc(F)c(F)cc2O)C1. The third-order valence-corrected chi connectivity index (χ3v) is 2.85. The minimum absolute atomic E-state index is 0.00940. The van der Waals surface area contributed by atoms with Crippen molar-refractivity contribution < 1.29 is 18.7 Å². The predicted octanol–water partition coefficient (Wildman–Crippen LogP) is 0.982. The number of carbonyl (C=O) groups excluding carboxylic acids is 1. The van der Waals surface area contributed by atoms with Gasteiger partial charge in [0.2, 0.25) is 5.91 Å². The Morgan fingerprint density at radius 2 is 2.06 bits per heavy atom. The predicted molar refractivity (Wildman–Crippen MR) is 57.5 cm³/mol. The van der Waals surface area contributed by atoms with Crippen molar-refractivity contribution in [2.24, 2.45) is 11.7 Å². The normalized spacial score (nSPS) is 20.1. The zero-order chi connectivity index (χ0) is 12.6. The van der Waals surface area contributed by atoms with Crippen molar-refractivity contribution in [3.63, 3.8) is 0 Å². The first-order valence-corrected chi connectivity index (χ1v) is 5.21. The minimum atomic E-state index is -1.15. The topological polar surface area (TPSA) is 66.6 Å². The van der Waals surface area contributed by atoms with Crippen molar-refractivity contribution in [3.05, 3.63) is 23.8 Å². The summed E-state index contributed by atoms with van der Waals surface area (Å²) in [6.45, 7) is 0.653. The number of aromatic hydroxyl groups is 1. The van der Waals surface area contributed by atoms with Gasteiger partial charge in [0.05, 0.1) is 5.69 Å². The van der Waals surface area contributed by atoms with E-state index in [1.54, 1.807) is 0 Å². The van der Waals surface area contributed by atoms with Crippen molar-refractivity contribution in [1.29, 1.82) is 0 Å². The molecular weight excluding hydrogens is 230 g/mol. The first-order chi connectivity index (χ1) is 8.02. The standard InChI is InChI=1S/C11H12F2N2O2/c12-7-2-9(10(16)3-8(7)13)15-5-6(4-14)1-11(15)17/h2-3,6,16H,1,4-5,14H2. The van der Waals surface area contributed by atoms with Crippen LogP contribution in [0.3, 0.4) is 0 Å². The molecule has 4 nitrogen and oxygen atoms in total. The molecule has 6 heteroatoms. The van der Waals surface area contributed by atoms with Gasteiger partial charge >= 0.3 is 0 Å². The first kappa shape index (κ1) is 11.8. The van der Waals surface area contributed by atoms with Crippen LogP contribution in [0, 0.1) is 17.6 Å². The quantitative estimate of drug-likeness (QED) is 0.812.